The molecule has 2 atom stereocenters. The third kappa shape index (κ3) is 3.78. The van der Waals surface area contributed by atoms with Gasteiger partial charge in [0, 0.05) is 18.1 Å². The van der Waals surface area contributed by atoms with E-state index in [1.54, 1.807) is 6.07 Å². The number of sulfone groups is 1. The van der Waals surface area contributed by atoms with Gasteiger partial charge in [-0.05, 0) is 38.0 Å². The zero-order valence-electron chi connectivity index (χ0n) is 14.2. The number of thiazole rings is 1. The zero-order chi connectivity index (χ0) is 19.1. The van der Waals surface area contributed by atoms with Crippen LogP contribution in [-0.2, 0) is 19.4 Å². The lowest BCUT2D eigenvalue weighted by Gasteiger charge is -2.29. The van der Waals surface area contributed by atoms with Crippen LogP contribution >= 0.6 is 11.3 Å². The number of fused-ring (bicyclic) bond motifs is 1. The van der Waals surface area contributed by atoms with Crippen molar-refractivity contribution in [3.8, 4) is 0 Å². The molecule has 26 heavy (non-hydrogen) atoms. The topological polar surface area (TPSA) is 116 Å². The van der Waals surface area contributed by atoms with Crippen LogP contribution in [0.3, 0.4) is 0 Å². The van der Waals surface area contributed by atoms with Crippen LogP contribution < -0.4 is 10.4 Å². The van der Waals surface area contributed by atoms with Crippen LogP contribution in [-0.4, -0.2) is 31.5 Å². The van der Waals surface area contributed by atoms with Gasteiger partial charge < -0.3 is 15.2 Å². The largest absolute Gasteiger partial charge is 0.550 e. The maximum Gasteiger partial charge on any atom is 0.230 e. The summed E-state index contributed by atoms with van der Waals surface area (Å²) >= 11 is 1.15. The van der Waals surface area contributed by atoms with Crippen molar-refractivity contribution in [2.24, 2.45) is 11.8 Å². The van der Waals surface area contributed by atoms with Crippen molar-refractivity contribution in [2.75, 3.05) is 11.6 Å². The summed E-state index contributed by atoms with van der Waals surface area (Å²) in [6.45, 7) is 1.86. The van der Waals surface area contributed by atoms with Gasteiger partial charge in [0.15, 0.2) is 15.0 Å². The van der Waals surface area contributed by atoms with Crippen LogP contribution in [0, 0.1) is 11.8 Å². The van der Waals surface area contributed by atoms with E-state index in [2.05, 4.69) is 10.3 Å². The van der Waals surface area contributed by atoms with Crippen molar-refractivity contribution in [3.05, 3.63) is 29.8 Å². The first kappa shape index (κ1) is 18.5. The van der Waals surface area contributed by atoms with E-state index in [9.17, 15) is 23.1 Å². The van der Waals surface area contributed by atoms with Gasteiger partial charge in [0.1, 0.15) is 0 Å². The van der Waals surface area contributed by atoms with Gasteiger partial charge in [-0.25, -0.2) is 13.4 Å². The van der Waals surface area contributed by atoms with E-state index in [1.807, 2.05) is 13.0 Å². The molecule has 1 aromatic carbocycles. The highest BCUT2D eigenvalue weighted by atomic mass is 32.2. The summed E-state index contributed by atoms with van der Waals surface area (Å²) < 4.78 is 23.9. The molecule has 9 heteroatoms. The van der Waals surface area contributed by atoms with Crippen LogP contribution in [0.25, 0.3) is 10.2 Å². The quantitative estimate of drug-likeness (QED) is 0.784. The number of aromatic nitrogens is 1. The number of benzene rings is 1. The third-order valence-corrected chi connectivity index (χ3v) is 6.45. The summed E-state index contributed by atoms with van der Waals surface area (Å²) in [4.78, 5) is 28.3. The molecular weight excluding hydrogens is 376 g/mol. The molecule has 0 unspecified atom stereocenters. The Hall–Kier alpha value is -2.26. The molecule has 3 rings (SSSR count). The Labute approximate surface area is 154 Å². The molecule has 1 aliphatic rings. The number of rotatable bonds is 4. The number of anilines is 1. The number of hydrogen-bond donors (Lipinski definition) is 1. The number of allylic oxidation sites excluding steroid dienone is 2. The molecule has 0 saturated carbocycles. The van der Waals surface area contributed by atoms with E-state index in [0.29, 0.717) is 21.8 Å². The first-order valence-corrected chi connectivity index (χ1v) is 10.6. The molecule has 1 aromatic heterocycles. The Bertz CT molecular complexity index is 1020. The molecule has 1 aliphatic carbocycles. The van der Waals surface area contributed by atoms with Gasteiger partial charge in [-0.3, -0.25) is 4.79 Å². The second-order valence-electron chi connectivity index (χ2n) is 6.43. The number of nitrogens with one attached hydrogen (secondary N) is 1. The summed E-state index contributed by atoms with van der Waals surface area (Å²) in [5, 5.41) is 14.3. The molecule has 138 valence electrons. The van der Waals surface area contributed by atoms with Gasteiger partial charge in [-0.1, -0.05) is 23.0 Å². The Morgan fingerprint density at radius 2 is 2.04 bits per heavy atom. The molecule has 2 aromatic rings. The minimum absolute atomic E-state index is 0.177. The van der Waals surface area contributed by atoms with Crippen LogP contribution in [0.15, 0.2) is 34.7 Å². The zero-order valence-corrected chi connectivity index (χ0v) is 15.8. The fraction of sp³-hybridized carbons (Fsp3) is 0.353. The maximum absolute atomic E-state index is 12.6. The van der Waals surface area contributed by atoms with Crippen LogP contribution in [0.5, 0.6) is 0 Å². The molecule has 0 aliphatic heterocycles. The van der Waals surface area contributed by atoms with Gasteiger partial charge in [0.2, 0.25) is 5.91 Å². The summed E-state index contributed by atoms with van der Waals surface area (Å²) in [5.41, 5.74) is 1.53. The van der Waals surface area contributed by atoms with Crippen molar-refractivity contribution in [1.82, 2.24) is 4.98 Å². The highest BCUT2D eigenvalue weighted by Gasteiger charge is 2.32. The number of carbonyl (C=O) groups is 2. The van der Waals surface area contributed by atoms with E-state index in [0.717, 1.165) is 23.2 Å². The second kappa shape index (κ2) is 6.81. The average molecular weight is 393 g/mol. The van der Waals surface area contributed by atoms with Crippen molar-refractivity contribution >= 4 is 48.4 Å². The average Bonchev–Trinajstić information content (AvgIpc) is 2.94. The lowest BCUT2D eigenvalue weighted by atomic mass is 9.79. The number of carboxylic acid groups (broad SMARTS) is 1. The van der Waals surface area contributed by atoms with Crippen molar-refractivity contribution in [1.29, 1.82) is 0 Å². The smallest absolute Gasteiger partial charge is 0.230 e. The number of hydrogen-bond acceptors (Lipinski definition) is 7. The predicted octanol–water partition coefficient (Wildman–Crippen LogP) is 1.36. The molecule has 1 heterocycles. The minimum Gasteiger partial charge on any atom is -0.550 e. The molecule has 0 saturated heterocycles. The Balaban J connectivity index is 1.85. The maximum atomic E-state index is 12.6. The number of amides is 1. The summed E-state index contributed by atoms with van der Waals surface area (Å²) in [6.07, 6.45) is 3.56. The van der Waals surface area contributed by atoms with Gasteiger partial charge in [-0.2, -0.15) is 0 Å². The Kier molecular flexibility index (Phi) is 4.85. The van der Waals surface area contributed by atoms with E-state index >= 15 is 0 Å². The summed E-state index contributed by atoms with van der Waals surface area (Å²) in [7, 11) is -3.34. The molecule has 0 radical (unpaired) electrons. The number of carboxylic acids is 1. The second-order valence-corrected chi connectivity index (χ2v) is 9.48. The van der Waals surface area contributed by atoms with Crippen LogP contribution in [0.1, 0.15) is 19.8 Å². The number of carbonyl (C=O) groups excluding carboxylic acids is 2. The minimum atomic E-state index is -3.34. The van der Waals surface area contributed by atoms with Crippen LogP contribution in [0.4, 0.5) is 5.13 Å². The van der Waals surface area contributed by atoms with Gasteiger partial charge in [0.05, 0.1) is 21.0 Å². The molecule has 0 fully saturated rings. The van der Waals surface area contributed by atoms with Crippen molar-refractivity contribution in [2.45, 2.75) is 24.7 Å². The van der Waals surface area contributed by atoms with E-state index in [4.69, 9.17) is 0 Å². The standard InChI is InChI=1S/C17H18N2O5S2/c1-9-3-5-11(16(21)22)12(7-9)15(20)19-17-18-13-6-4-10(26(2,23)24)8-14(13)25-17/h3-4,6,8,11-12H,5,7H2,1-2H3,(H,21,22)(H,18,19,20)/p-1/t11-,12+/m0/s1. The van der Waals surface area contributed by atoms with Crippen molar-refractivity contribution in [3.63, 3.8) is 0 Å². The molecule has 0 spiro atoms. The predicted molar refractivity (Wildman–Crippen MR) is 96.3 cm³/mol. The summed E-state index contributed by atoms with van der Waals surface area (Å²) in [6, 6.07) is 4.55. The molecule has 7 nitrogen and oxygen atoms in total. The lowest BCUT2D eigenvalue weighted by molar-refractivity contribution is -0.313. The normalized spacial score (nSPS) is 20.6. The number of aliphatic carboxylic acids is 1. The highest BCUT2D eigenvalue weighted by molar-refractivity contribution is 7.90. The lowest BCUT2D eigenvalue weighted by Crippen LogP contribution is -2.42. The van der Waals surface area contributed by atoms with Gasteiger partial charge >= 0.3 is 0 Å². The fourth-order valence-corrected chi connectivity index (χ4v) is 4.62. The first-order valence-electron chi connectivity index (χ1n) is 7.93. The van der Waals surface area contributed by atoms with E-state index in [1.165, 1.54) is 12.1 Å². The Morgan fingerprint density at radius 3 is 2.69 bits per heavy atom. The fourth-order valence-electron chi connectivity index (χ4n) is 2.99. The SMILES string of the molecule is CC1=CC[C@H](C(=O)[O-])[C@H](C(=O)Nc2nc3ccc(S(C)(=O)=O)cc3s2)C1. The Morgan fingerprint density at radius 1 is 1.31 bits per heavy atom. The number of nitrogens with zero attached hydrogens (tertiary/aromatic N) is 1. The summed E-state index contributed by atoms with van der Waals surface area (Å²) in [5.74, 6) is -3.25. The first-order chi connectivity index (χ1) is 12.1. The van der Waals surface area contributed by atoms with Crippen molar-refractivity contribution < 1.29 is 23.1 Å². The monoisotopic (exact) mass is 393 g/mol. The third-order valence-electron chi connectivity index (χ3n) is 4.41. The van der Waals surface area contributed by atoms with Crippen LogP contribution in [0.2, 0.25) is 0 Å². The highest BCUT2D eigenvalue weighted by Crippen LogP contribution is 2.32. The molecule has 1 amide bonds. The molecule has 0 bridgehead atoms. The van der Waals surface area contributed by atoms with E-state index in [-0.39, 0.29) is 11.3 Å². The van der Waals surface area contributed by atoms with E-state index < -0.39 is 33.5 Å². The molecular formula is C17H17N2O5S2-. The molecule has 1 N–H and O–H groups in total. The van der Waals surface area contributed by atoms with Gasteiger partial charge in [-0.15, -0.1) is 0 Å². The van der Waals surface area contributed by atoms with Gasteiger partial charge in [0.25, 0.3) is 0 Å².